The first-order valence-corrected chi connectivity index (χ1v) is 11.4. The van der Waals surface area contributed by atoms with Crippen molar-refractivity contribution < 1.29 is 19.2 Å². The Morgan fingerprint density at radius 1 is 0.632 bits per heavy atom. The van der Waals surface area contributed by atoms with Crippen molar-refractivity contribution in [3.05, 3.63) is 0 Å². The normalized spacial score (nSPS) is 7.42. The molecule has 0 aromatic heterocycles. The molecule has 232 valence electrons. The molecule has 12 nitrogen and oxygen atoms in total. The molecule has 0 aliphatic carbocycles. The van der Waals surface area contributed by atoms with Crippen LogP contribution in [0.1, 0.15) is 84.1 Å². The summed E-state index contributed by atoms with van der Waals surface area (Å²) in [6, 6.07) is -0.323. The first kappa shape index (κ1) is 55.6. The Bertz CT molecular complexity index is 595. The average molecular weight is 553 g/mol. The molecule has 0 aromatic carbocycles. The van der Waals surface area contributed by atoms with Gasteiger partial charge in [-0.3, -0.25) is 10.0 Å². The van der Waals surface area contributed by atoms with Crippen LogP contribution in [0.5, 0.6) is 0 Å². The van der Waals surface area contributed by atoms with Crippen molar-refractivity contribution in [2.75, 3.05) is 55.4 Å². The van der Waals surface area contributed by atoms with Gasteiger partial charge in [0.15, 0.2) is 0 Å². The molecule has 0 fully saturated rings. The summed E-state index contributed by atoms with van der Waals surface area (Å²) in [5, 5.41) is 6.30. The zero-order valence-electron chi connectivity index (χ0n) is 25.9. The number of nitrogens with zero attached hydrogens (tertiary/aromatic N) is 6. The predicted molar refractivity (Wildman–Crippen MR) is 167 cm³/mol. The van der Waals surface area contributed by atoms with E-state index in [1.54, 1.807) is 35.2 Å². The summed E-state index contributed by atoms with van der Waals surface area (Å²) < 4.78 is 0. The lowest BCUT2D eigenvalue weighted by molar-refractivity contribution is -0.115. The number of aliphatic imine (C=N–C) groups is 1. The summed E-state index contributed by atoms with van der Waals surface area (Å²) in [6.45, 7) is 19.4. The lowest BCUT2D eigenvalue weighted by atomic mass is 10.5. The van der Waals surface area contributed by atoms with Crippen LogP contribution < -0.4 is 11.6 Å². The molecule has 0 radical (unpaired) electrons. The first-order chi connectivity index (χ1) is 16.1. The van der Waals surface area contributed by atoms with E-state index in [1.165, 1.54) is 49.6 Å². The van der Waals surface area contributed by atoms with E-state index < -0.39 is 0 Å². The Morgan fingerprint density at radius 3 is 0.974 bits per heavy atom. The quantitative estimate of drug-likeness (QED) is 0.224. The maximum atomic E-state index is 11.1. The van der Waals surface area contributed by atoms with E-state index in [2.05, 4.69) is 10.1 Å². The highest BCUT2D eigenvalue weighted by atomic mass is 16.2. The van der Waals surface area contributed by atoms with Gasteiger partial charge in [-0.15, -0.1) is 0 Å². The number of amides is 4. The number of nitrogens with two attached hydrogens (primary N) is 2. The summed E-state index contributed by atoms with van der Waals surface area (Å²) in [7, 11) is 9.81. The number of hydrazone groups is 1. The van der Waals surface area contributed by atoms with Gasteiger partial charge in [-0.05, 0) is 68.9 Å². The number of hydrogen-bond donors (Lipinski definition) is 2. The van der Waals surface area contributed by atoms with Crippen molar-refractivity contribution in [1.82, 2.24) is 19.8 Å². The zero-order valence-corrected chi connectivity index (χ0v) is 25.9. The van der Waals surface area contributed by atoms with Crippen LogP contribution >= 0.6 is 0 Å². The molecule has 0 aliphatic heterocycles. The monoisotopic (exact) mass is 553 g/mol. The SMILES string of the molecule is C.C.CC(C)=NN(C)C(=O)N(C)C.CC(C)=O.CC(C)=O.CCN.CCN=C(C)C.CN(C)C(=O)N(C)N. The van der Waals surface area contributed by atoms with Gasteiger partial charge in [0.05, 0.1) is 0 Å². The minimum atomic E-state index is -0.204. The van der Waals surface area contributed by atoms with E-state index in [0.29, 0.717) is 0 Å². The van der Waals surface area contributed by atoms with E-state index in [1.807, 2.05) is 41.5 Å². The van der Waals surface area contributed by atoms with Gasteiger partial charge >= 0.3 is 12.1 Å². The summed E-state index contributed by atoms with van der Waals surface area (Å²) >= 11 is 0. The van der Waals surface area contributed by atoms with Crippen molar-refractivity contribution >= 4 is 35.1 Å². The van der Waals surface area contributed by atoms with Crippen LogP contribution in [0.25, 0.3) is 0 Å². The van der Waals surface area contributed by atoms with Crippen molar-refractivity contribution in [2.45, 2.75) is 84.1 Å². The number of Topliss-reactive ketones (excluding diaryl/α,β-unsaturated/α-hetero) is 2. The van der Waals surface area contributed by atoms with E-state index in [4.69, 9.17) is 11.6 Å². The van der Waals surface area contributed by atoms with Crippen LogP contribution in [0, 0.1) is 0 Å². The minimum Gasteiger partial charge on any atom is -0.331 e. The highest BCUT2D eigenvalue weighted by molar-refractivity contribution is 5.81. The molecule has 0 spiro atoms. The smallest absolute Gasteiger partial charge is 0.331 e. The van der Waals surface area contributed by atoms with Gasteiger partial charge in [0.2, 0.25) is 0 Å². The largest absolute Gasteiger partial charge is 0.339 e. The van der Waals surface area contributed by atoms with E-state index in [0.717, 1.165) is 29.5 Å². The second-order valence-electron chi connectivity index (χ2n) is 8.18. The fourth-order valence-electron chi connectivity index (χ4n) is 1.26. The molecule has 0 saturated heterocycles. The molecule has 0 atom stereocenters. The highest BCUT2D eigenvalue weighted by Gasteiger charge is 2.07. The molecule has 0 rings (SSSR count). The molecule has 4 N–H and O–H groups in total. The molecule has 0 unspecified atom stereocenters. The van der Waals surface area contributed by atoms with Gasteiger partial charge in [0, 0.05) is 60.3 Å². The van der Waals surface area contributed by atoms with Gasteiger partial charge in [0.25, 0.3) is 0 Å². The molecule has 0 saturated carbocycles. The first-order valence-electron chi connectivity index (χ1n) is 11.4. The third-order valence-corrected chi connectivity index (χ3v) is 2.17. The third-order valence-electron chi connectivity index (χ3n) is 2.17. The number of hydrogen-bond acceptors (Lipinski definition) is 8. The topological polar surface area (TPSA) is 158 Å². The van der Waals surface area contributed by atoms with Crippen LogP contribution in [0.2, 0.25) is 0 Å². The van der Waals surface area contributed by atoms with Crippen LogP contribution in [0.3, 0.4) is 0 Å². The average Bonchev–Trinajstić information content (AvgIpc) is 2.66. The molecule has 0 aromatic rings. The summed E-state index contributed by atoms with van der Waals surface area (Å²) in [6.07, 6.45) is 0. The molecule has 0 bridgehead atoms. The fraction of sp³-hybridized carbons (Fsp3) is 0.769. The molecular formula is C26H64N8O4. The van der Waals surface area contributed by atoms with Gasteiger partial charge < -0.3 is 25.1 Å². The van der Waals surface area contributed by atoms with Crippen LogP contribution in [0.15, 0.2) is 10.1 Å². The molecule has 0 heterocycles. The van der Waals surface area contributed by atoms with Crippen LogP contribution in [0.4, 0.5) is 9.59 Å². The van der Waals surface area contributed by atoms with Crippen molar-refractivity contribution in [3.8, 4) is 0 Å². The van der Waals surface area contributed by atoms with Crippen molar-refractivity contribution in [3.63, 3.8) is 0 Å². The number of hydrazine groups is 1. The maximum absolute atomic E-state index is 11.1. The number of carbonyl (C=O) groups is 4. The zero-order chi connectivity index (χ0) is 30.6. The van der Waals surface area contributed by atoms with Gasteiger partial charge in [-0.25, -0.2) is 20.4 Å². The van der Waals surface area contributed by atoms with Gasteiger partial charge in [-0.2, -0.15) is 5.10 Å². The van der Waals surface area contributed by atoms with Gasteiger partial charge in [-0.1, -0.05) is 21.8 Å². The number of rotatable bonds is 2. The standard InChI is InChI=1S/C7H15N3O.C5H11N.C4H11N3O.2C3H6O.C2H7N.2CH4/c1-6(2)8-10(5)7(11)9(3)4;1-4-6-5(2)3;1-6(2)4(8)7(3)5;2*1-3(2)4;1-2-3;;/h1-5H3;4H2,1-3H3;5H2,1-3H3;2*1-2H3;2-3H2,1H3;2*1H4. The van der Waals surface area contributed by atoms with Crippen molar-refractivity contribution in [2.24, 2.45) is 21.7 Å². The summed E-state index contributed by atoms with van der Waals surface area (Å²) in [4.78, 5) is 47.5. The molecule has 4 amide bonds. The molecule has 38 heavy (non-hydrogen) atoms. The van der Waals surface area contributed by atoms with E-state index in [-0.39, 0.29) is 38.5 Å². The summed E-state index contributed by atoms with van der Waals surface area (Å²) in [5.41, 5.74) is 6.88. The lowest BCUT2D eigenvalue weighted by Crippen LogP contribution is -2.40. The highest BCUT2D eigenvalue weighted by Crippen LogP contribution is 1.91. The molecular weight excluding hydrogens is 488 g/mol. The Labute approximate surface area is 235 Å². The Hall–Kier alpha value is -2.86. The van der Waals surface area contributed by atoms with Crippen LogP contribution in [-0.2, 0) is 9.59 Å². The Balaban J connectivity index is -0.0000000497. The minimum absolute atomic E-state index is 0. The second kappa shape index (κ2) is 38.7. The fourth-order valence-corrected chi connectivity index (χ4v) is 1.26. The van der Waals surface area contributed by atoms with Crippen molar-refractivity contribution in [1.29, 1.82) is 0 Å². The van der Waals surface area contributed by atoms with E-state index in [9.17, 15) is 19.2 Å². The predicted octanol–water partition coefficient (Wildman–Crippen LogP) is 4.38. The maximum Gasteiger partial charge on any atom is 0.339 e. The Kier molecular flexibility index (Phi) is 56.6. The van der Waals surface area contributed by atoms with Crippen LogP contribution in [-0.4, -0.2) is 110 Å². The molecule has 12 heteroatoms. The van der Waals surface area contributed by atoms with Gasteiger partial charge in [0.1, 0.15) is 11.6 Å². The summed E-state index contributed by atoms with van der Waals surface area (Å²) in [5.74, 6) is 5.41. The lowest BCUT2D eigenvalue weighted by Gasteiger charge is -2.16. The Morgan fingerprint density at radius 2 is 0.895 bits per heavy atom. The number of urea groups is 2. The second-order valence-corrected chi connectivity index (χ2v) is 8.18. The number of carbonyl (C=O) groups excluding carboxylic acids is 4. The van der Waals surface area contributed by atoms with E-state index >= 15 is 0 Å². The number of ketones is 2. The molecule has 0 aliphatic rings. The third kappa shape index (κ3) is 84.4.